The highest BCUT2D eigenvalue weighted by Gasteiger charge is 2.23. The van der Waals surface area contributed by atoms with Crippen LogP contribution in [0, 0.1) is 10.1 Å². The third-order valence-electron chi connectivity index (χ3n) is 5.57. The van der Waals surface area contributed by atoms with Gasteiger partial charge in [0.2, 0.25) is 0 Å². The van der Waals surface area contributed by atoms with Crippen LogP contribution in [0.15, 0.2) is 72.8 Å². The summed E-state index contributed by atoms with van der Waals surface area (Å²) >= 11 is 0. The lowest BCUT2D eigenvalue weighted by Gasteiger charge is -2.28. The van der Waals surface area contributed by atoms with Crippen LogP contribution in [0.5, 0.6) is 0 Å². The molecule has 4 rings (SSSR count). The number of benzene rings is 3. The number of carbonyl (C=O) groups excluding carboxylic acids is 2. The predicted octanol–water partition coefficient (Wildman–Crippen LogP) is 3.95. The van der Waals surface area contributed by atoms with Crippen LogP contribution in [0.2, 0.25) is 0 Å². The standard InChI is InChI=1S/C25H23N3O5/c29-24(27-13-12-19-8-4-5-9-21(19)16-27)17-33-25(30)20-10-11-22(23(14-20)28(31)32)26-15-18-6-2-1-3-7-18/h1-11,14,26H,12-13,15-17H2. The molecule has 8 heteroatoms. The summed E-state index contributed by atoms with van der Waals surface area (Å²) in [7, 11) is 0. The van der Waals surface area contributed by atoms with Gasteiger partial charge in [0.05, 0.1) is 10.5 Å². The number of nitro groups is 1. The monoisotopic (exact) mass is 445 g/mol. The van der Waals surface area contributed by atoms with Crippen molar-refractivity contribution in [1.29, 1.82) is 0 Å². The van der Waals surface area contributed by atoms with Crippen LogP contribution >= 0.6 is 0 Å². The summed E-state index contributed by atoms with van der Waals surface area (Å²) in [5, 5.41) is 14.6. The van der Waals surface area contributed by atoms with Gasteiger partial charge >= 0.3 is 5.97 Å². The fourth-order valence-electron chi connectivity index (χ4n) is 3.76. The molecule has 0 radical (unpaired) electrons. The van der Waals surface area contributed by atoms with Crippen LogP contribution < -0.4 is 5.32 Å². The van der Waals surface area contributed by atoms with Crippen molar-refractivity contribution in [2.75, 3.05) is 18.5 Å². The first-order chi connectivity index (χ1) is 16.0. The number of hydrogen-bond acceptors (Lipinski definition) is 6. The summed E-state index contributed by atoms with van der Waals surface area (Å²) in [6, 6.07) is 21.5. The lowest BCUT2D eigenvalue weighted by atomic mass is 10.00. The minimum absolute atomic E-state index is 0.0174. The van der Waals surface area contributed by atoms with E-state index < -0.39 is 17.5 Å². The fraction of sp³-hybridized carbons (Fsp3) is 0.200. The molecule has 3 aromatic rings. The maximum absolute atomic E-state index is 12.5. The fourth-order valence-corrected chi connectivity index (χ4v) is 3.76. The Morgan fingerprint density at radius 1 is 1.00 bits per heavy atom. The van der Waals surface area contributed by atoms with E-state index in [1.54, 1.807) is 4.90 Å². The van der Waals surface area contributed by atoms with Crippen molar-refractivity contribution >= 4 is 23.3 Å². The first-order valence-electron chi connectivity index (χ1n) is 10.6. The van der Waals surface area contributed by atoms with E-state index in [0.29, 0.717) is 25.3 Å². The van der Waals surface area contributed by atoms with Crippen LogP contribution in [0.4, 0.5) is 11.4 Å². The molecule has 8 nitrogen and oxygen atoms in total. The Hall–Kier alpha value is -4.20. The quantitative estimate of drug-likeness (QED) is 0.336. The van der Waals surface area contributed by atoms with Crippen LogP contribution in [0.25, 0.3) is 0 Å². The Morgan fingerprint density at radius 2 is 1.73 bits per heavy atom. The van der Waals surface area contributed by atoms with Crippen LogP contribution in [0.1, 0.15) is 27.0 Å². The molecule has 1 aliphatic heterocycles. The molecule has 0 saturated heterocycles. The highest BCUT2D eigenvalue weighted by Crippen LogP contribution is 2.26. The Morgan fingerprint density at radius 3 is 2.48 bits per heavy atom. The first-order valence-corrected chi connectivity index (χ1v) is 10.6. The Kier molecular flexibility index (Phi) is 6.64. The molecule has 1 aliphatic rings. The highest BCUT2D eigenvalue weighted by molar-refractivity contribution is 5.93. The van der Waals surface area contributed by atoms with Gasteiger partial charge in [-0.1, -0.05) is 54.6 Å². The lowest BCUT2D eigenvalue weighted by molar-refractivity contribution is -0.384. The second-order valence-corrected chi connectivity index (χ2v) is 7.74. The molecule has 1 heterocycles. The van der Waals surface area contributed by atoms with E-state index in [1.807, 2.05) is 54.6 Å². The molecule has 0 spiro atoms. The predicted molar refractivity (Wildman–Crippen MR) is 123 cm³/mol. The highest BCUT2D eigenvalue weighted by atomic mass is 16.6. The maximum Gasteiger partial charge on any atom is 0.338 e. The van der Waals surface area contributed by atoms with Crippen molar-refractivity contribution < 1.29 is 19.2 Å². The number of amides is 1. The number of ether oxygens (including phenoxy) is 1. The van der Waals surface area contributed by atoms with E-state index in [0.717, 1.165) is 23.6 Å². The molecule has 1 N–H and O–H groups in total. The third kappa shape index (κ3) is 5.35. The number of anilines is 1. The number of carbonyl (C=O) groups is 2. The van der Waals surface area contributed by atoms with Crippen molar-refractivity contribution in [3.05, 3.63) is 105 Å². The normalized spacial score (nSPS) is 12.5. The SMILES string of the molecule is O=C(OCC(=O)N1CCc2ccccc2C1)c1ccc(NCc2ccccc2)c([N+](=O)[O-])c1. The molecule has 0 saturated carbocycles. The second kappa shape index (κ2) is 9.95. The Balaban J connectivity index is 1.37. The van der Waals surface area contributed by atoms with Crippen molar-refractivity contribution in [2.24, 2.45) is 0 Å². The number of nitrogens with one attached hydrogen (secondary N) is 1. The van der Waals surface area contributed by atoms with Gasteiger partial charge in [-0.15, -0.1) is 0 Å². The average Bonchev–Trinajstić information content (AvgIpc) is 2.86. The summed E-state index contributed by atoms with van der Waals surface area (Å²) in [6.07, 6.45) is 0.750. The molecular weight excluding hydrogens is 422 g/mol. The second-order valence-electron chi connectivity index (χ2n) is 7.74. The van der Waals surface area contributed by atoms with Gasteiger partial charge in [0.1, 0.15) is 5.69 Å². The van der Waals surface area contributed by atoms with Gasteiger partial charge in [-0.2, -0.15) is 0 Å². The maximum atomic E-state index is 12.5. The number of nitrogens with zero attached hydrogens (tertiary/aromatic N) is 2. The van der Waals surface area contributed by atoms with Crippen molar-refractivity contribution in [1.82, 2.24) is 4.90 Å². The molecule has 0 unspecified atom stereocenters. The zero-order chi connectivity index (χ0) is 23.2. The summed E-state index contributed by atoms with van der Waals surface area (Å²) < 4.78 is 5.16. The minimum Gasteiger partial charge on any atom is -0.452 e. The average molecular weight is 445 g/mol. The van der Waals surface area contributed by atoms with E-state index in [-0.39, 0.29) is 17.2 Å². The van der Waals surface area contributed by atoms with Gasteiger partial charge < -0.3 is 15.0 Å². The summed E-state index contributed by atoms with van der Waals surface area (Å²) in [5.41, 5.74) is 3.34. The molecular formula is C25H23N3O5. The zero-order valence-electron chi connectivity index (χ0n) is 17.9. The number of esters is 1. The van der Waals surface area contributed by atoms with E-state index in [4.69, 9.17) is 4.74 Å². The number of fused-ring (bicyclic) bond motifs is 1. The third-order valence-corrected chi connectivity index (χ3v) is 5.57. The van der Waals surface area contributed by atoms with E-state index in [9.17, 15) is 19.7 Å². The first kappa shape index (κ1) is 22.0. The lowest BCUT2D eigenvalue weighted by Crippen LogP contribution is -2.38. The van der Waals surface area contributed by atoms with Gasteiger partial charge in [-0.3, -0.25) is 14.9 Å². The van der Waals surface area contributed by atoms with Gasteiger partial charge in [0.15, 0.2) is 6.61 Å². The van der Waals surface area contributed by atoms with Crippen LogP contribution in [-0.4, -0.2) is 34.9 Å². The number of nitro benzene ring substituents is 1. The van der Waals surface area contributed by atoms with E-state index in [2.05, 4.69) is 5.32 Å². The molecule has 0 bridgehead atoms. The van der Waals surface area contributed by atoms with Crippen LogP contribution in [-0.2, 0) is 29.0 Å². The summed E-state index contributed by atoms with van der Waals surface area (Å²) in [5.74, 6) is -1.08. The van der Waals surface area contributed by atoms with Gasteiger partial charge in [0, 0.05) is 25.7 Å². The van der Waals surface area contributed by atoms with Crippen molar-refractivity contribution in [2.45, 2.75) is 19.5 Å². The van der Waals surface area contributed by atoms with E-state index >= 15 is 0 Å². The van der Waals surface area contributed by atoms with Gasteiger partial charge in [-0.25, -0.2) is 4.79 Å². The molecule has 1 amide bonds. The molecule has 0 fully saturated rings. The topological polar surface area (TPSA) is 102 Å². The molecule has 168 valence electrons. The van der Waals surface area contributed by atoms with E-state index in [1.165, 1.54) is 17.7 Å². The molecule has 0 aliphatic carbocycles. The van der Waals surface area contributed by atoms with Gasteiger partial charge in [0.25, 0.3) is 11.6 Å². The molecule has 0 aromatic heterocycles. The largest absolute Gasteiger partial charge is 0.452 e. The number of rotatable bonds is 7. The van der Waals surface area contributed by atoms with Gasteiger partial charge in [-0.05, 0) is 35.2 Å². The molecule has 33 heavy (non-hydrogen) atoms. The summed E-state index contributed by atoms with van der Waals surface area (Å²) in [4.78, 5) is 37.6. The smallest absolute Gasteiger partial charge is 0.338 e. The zero-order valence-corrected chi connectivity index (χ0v) is 17.9. The Bertz CT molecular complexity index is 1180. The Labute approximate surface area is 190 Å². The molecule has 0 atom stereocenters. The minimum atomic E-state index is -0.779. The van der Waals surface area contributed by atoms with Crippen molar-refractivity contribution in [3.63, 3.8) is 0 Å². The summed E-state index contributed by atoms with van der Waals surface area (Å²) in [6.45, 7) is 1.02. The van der Waals surface area contributed by atoms with Crippen LogP contribution in [0.3, 0.4) is 0 Å². The molecule has 3 aromatic carbocycles. The van der Waals surface area contributed by atoms with Crippen molar-refractivity contribution in [3.8, 4) is 0 Å². The number of hydrogen-bond donors (Lipinski definition) is 1.